The first-order valence-corrected chi connectivity index (χ1v) is 12.8. The Morgan fingerprint density at radius 1 is 1.09 bits per heavy atom. The van der Waals surface area contributed by atoms with E-state index in [-0.39, 0.29) is 28.4 Å². The van der Waals surface area contributed by atoms with Crippen LogP contribution in [0.5, 0.6) is 0 Å². The van der Waals surface area contributed by atoms with Crippen LogP contribution in [0.25, 0.3) is 5.65 Å². The van der Waals surface area contributed by atoms with Crippen molar-refractivity contribution in [1.82, 2.24) is 19.6 Å². The molecule has 3 aromatic heterocycles. The number of carbonyl (C=O) groups excluding carboxylic acids is 1. The van der Waals surface area contributed by atoms with Crippen LogP contribution in [0.15, 0.2) is 17.5 Å². The summed E-state index contributed by atoms with van der Waals surface area (Å²) in [7, 11) is 0. The number of rotatable bonds is 5. The Morgan fingerprint density at radius 3 is 2.42 bits per heavy atom. The summed E-state index contributed by atoms with van der Waals surface area (Å²) >= 11 is 1.44. The number of aromatic nitrogens is 4. The summed E-state index contributed by atoms with van der Waals surface area (Å²) < 4.78 is 28.4. The van der Waals surface area contributed by atoms with Gasteiger partial charge in [-0.15, -0.1) is 11.3 Å². The van der Waals surface area contributed by atoms with Crippen LogP contribution in [0.1, 0.15) is 91.3 Å². The number of anilines is 1. The average molecular weight is 470 g/mol. The van der Waals surface area contributed by atoms with Gasteiger partial charge in [0.1, 0.15) is 5.69 Å². The Bertz CT molecular complexity index is 1230. The second-order valence-electron chi connectivity index (χ2n) is 10.7. The molecule has 5 aliphatic carbocycles. The lowest BCUT2D eigenvalue weighted by Crippen LogP contribution is -2.48. The first-order valence-electron chi connectivity index (χ1n) is 11.9. The van der Waals surface area contributed by atoms with E-state index in [2.05, 4.69) is 20.8 Å². The van der Waals surface area contributed by atoms with Crippen molar-refractivity contribution in [2.45, 2.75) is 69.1 Å². The second-order valence-corrected chi connectivity index (χ2v) is 11.5. The Balaban J connectivity index is 1.15. The van der Waals surface area contributed by atoms with E-state index in [1.165, 1.54) is 62.0 Å². The molecule has 3 heterocycles. The third-order valence-corrected chi connectivity index (χ3v) is 8.99. The molecule has 0 unspecified atom stereocenters. The summed E-state index contributed by atoms with van der Waals surface area (Å²) in [6.07, 6.45) is 7.00. The van der Waals surface area contributed by atoms with Gasteiger partial charge in [-0.25, -0.2) is 23.3 Å². The van der Waals surface area contributed by atoms with E-state index >= 15 is 0 Å². The Hall–Kier alpha value is -2.42. The van der Waals surface area contributed by atoms with Gasteiger partial charge in [0.2, 0.25) is 0 Å². The van der Waals surface area contributed by atoms with Crippen LogP contribution in [-0.2, 0) is 5.41 Å². The molecule has 0 aromatic carbocycles. The molecule has 9 heteroatoms. The van der Waals surface area contributed by atoms with Crippen molar-refractivity contribution < 1.29 is 13.6 Å². The first kappa shape index (κ1) is 20.0. The molecule has 33 heavy (non-hydrogen) atoms. The van der Waals surface area contributed by atoms with Gasteiger partial charge in [0, 0.05) is 28.5 Å². The maximum Gasteiger partial charge on any atom is 0.280 e. The number of hydrogen-bond acceptors (Lipinski definition) is 5. The number of alkyl halides is 2. The van der Waals surface area contributed by atoms with Crippen LogP contribution in [-0.4, -0.2) is 25.5 Å². The van der Waals surface area contributed by atoms with Gasteiger partial charge in [-0.1, -0.05) is 0 Å². The van der Waals surface area contributed by atoms with Gasteiger partial charge in [-0.2, -0.15) is 5.10 Å². The molecule has 3 aromatic rings. The molecule has 4 bridgehead atoms. The van der Waals surface area contributed by atoms with Crippen molar-refractivity contribution in [2.75, 3.05) is 5.32 Å². The lowest BCUT2D eigenvalue weighted by Gasteiger charge is -2.56. The molecule has 1 amide bonds. The quantitative estimate of drug-likeness (QED) is 0.519. The highest BCUT2D eigenvalue weighted by Gasteiger charge is 2.52. The molecule has 172 valence electrons. The van der Waals surface area contributed by atoms with Gasteiger partial charge in [0.15, 0.2) is 16.5 Å². The molecule has 0 atom stereocenters. The summed E-state index contributed by atoms with van der Waals surface area (Å²) in [5.41, 5.74) is 2.08. The maximum absolute atomic E-state index is 13.6. The molecule has 5 fully saturated rings. The van der Waals surface area contributed by atoms with Crippen LogP contribution in [0.4, 0.5) is 13.9 Å². The largest absolute Gasteiger partial charge is 0.296 e. The normalized spacial score (nSPS) is 30.5. The van der Waals surface area contributed by atoms with Gasteiger partial charge in [0.25, 0.3) is 12.3 Å². The number of nitrogens with zero attached hydrogens (tertiary/aromatic N) is 4. The smallest absolute Gasteiger partial charge is 0.280 e. The molecular weight excluding hydrogens is 444 g/mol. The number of hydrogen-bond donors (Lipinski definition) is 1. The predicted molar refractivity (Wildman–Crippen MR) is 120 cm³/mol. The summed E-state index contributed by atoms with van der Waals surface area (Å²) in [6, 6.07) is 2.91. The Morgan fingerprint density at radius 2 is 1.79 bits per heavy atom. The number of carbonyl (C=O) groups is 1. The fourth-order valence-electron chi connectivity index (χ4n) is 7.03. The average Bonchev–Trinajstić information content (AvgIpc) is 3.34. The highest BCUT2D eigenvalue weighted by atomic mass is 32.1. The zero-order chi connectivity index (χ0) is 22.3. The Kier molecular flexibility index (Phi) is 4.27. The minimum Gasteiger partial charge on any atom is -0.296 e. The van der Waals surface area contributed by atoms with E-state index in [9.17, 15) is 13.6 Å². The zero-order valence-corrected chi connectivity index (χ0v) is 19.0. The fourth-order valence-corrected chi connectivity index (χ4v) is 7.86. The van der Waals surface area contributed by atoms with Crippen LogP contribution in [0.3, 0.4) is 0 Å². The van der Waals surface area contributed by atoms with Gasteiger partial charge >= 0.3 is 0 Å². The molecule has 0 aliphatic heterocycles. The van der Waals surface area contributed by atoms with E-state index in [1.54, 1.807) is 0 Å². The third kappa shape index (κ3) is 3.30. The minimum atomic E-state index is -2.69. The number of halogens is 2. The highest BCUT2D eigenvalue weighted by Crippen LogP contribution is 2.60. The van der Waals surface area contributed by atoms with Crippen molar-refractivity contribution in [1.29, 1.82) is 0 Å². The number of nitrogens with one attached hydrogen (secondary N) is 1. The molecule has 1 N–H and O–H groups in total. The molecule has 0 radical (unpaired) electrons. The van der Waals surface area contributed by atoms with Crippen molar-refractivity contribution >= 4 is 28.0 Å². The molecule has 0 spiro atoms. The first-order chi connectivity index (χ1) is 16.0. The van der Waals surface area contributed by atoms with Crippen LogP contribution in [0, 0.1) is 17.8 Å². The standard InChI is InChI=1S/C24H25F2N5OS/c25-21(26)18-6-16(15-1-2-15)27-20-7-17(30-31(18)20)22(32)29-23-28-19(11-33-23)24-8-12-3-13(9-24)5-14(4-12)10-24/h6-7,11-15,21H,1-5,8-10H2,(H,28,29,32). The molecule has 5 aliphatic rings. The summed E-state index contributed by atoms with van der Waals surface area (Å²) in [4.78, 5) is 22.2. The van der Waals surface area contributed by atoms with Gasteiger partial charge in [0.05, 0.1) is 5.69 Å². The number of fused-ring (bicyclic) bond motifs is 1. The van der Waals surface area contributed by atoms with Gasteiger partial charge < -0.3 is 0 Å². The van der Waals surface area contributed by atoms with Crippen LogP contribution < -0.4 is 5.32 Å². The van der Waals surface area contributed by atoms with Crippen molar-refractivity contribution in [3.63, 3.8) is 0 Å². The lowest BCUT2D eigenvalue weighted by atomic mass is 9.49. The Labute approximate surface area is 193 Å². The zero-order valence-electron chi connectivity index (χ0n) is 18.1. The molecule has 0 saturated heterocycles. The third-order valence-electron chi connectivity index (χ3n) is 8.23. The fraction of sp³-hybridized carbons (Fsp3) is 0.583. The van der Waals surface area contributed by atoms with Gasteiger partial charge in [-0.3, -0.25) is 10.1 Å². The molecule has 8 rings (SSSR count). The molecular formula is C24H25F2N5OS. The summed E-state index contributed by atoms with van der Waals surface area (Å²) in [5, 5.41) is 9.65. The monoisotopic (exact) mass is 469 g/mol. The molecule has 5 saturated carbocycles. The van der Waals surface area contributed by atoms with E-state index in [0.717, 1.165) is 40.8 Å². The van der Waals surface area contributed by atoms with Crippen molar-refractivity contribution in [3.8, 4) is 0 Å². The van der Waals surface area contributed by atoms with E-state index in [0.29, 0.717) is 10.8 Å². The lowest BCUT2D eigenvalue weighted by molar-refractivity contribution is -0.00688. The van der Waals surface area contributed by atoms with Crippen molar-refractivity contribution in [2.24, 2.45) is 17.8 Å². The highest BCUT2D eigenvalue weighted by molar-refractivity contribution is 7.14. The summed E-state index contributed by atoms with van der Waals surface area (Å²) in [6.45, 7) is 0. The van der Waals surface area contributed by atoms with Crippen molar-refractivity contribution in [3.05, 3.63) is 40.3 Å². The van der Waals surface area contributed by atoms with Crippen LogP contribution >= 0.6 is 11.3 Å². The second kappa shape index (κ2) is 7.04. The van der Waals surface area contributed by atoms with Crippen LogP contribution in [0.2, 0.25) is 0 Å². The number of amides is 1. The van der Waals surface area contributed by atoms with E-state index in [4.69, 9.17) is 4.98 Å². The van der Waals surface area contributed by atoms with E-state index < -0.39 is 12.3 Å². The number of thiazole rings is 1. The summed E-state index contributed by atoms with van der Waals surface area (Å²) in [5.74, 6) is 2.26. The maximum atomic E-state index is 13.6. The van der Waals surface area contributed by atoms with Gasteiger partial charge in [-0.05, 0) is 75.2 Å². The SMILES string of the molecule is O=C(Nc1nc(C23CC4CC(CC(C4)C2)C3)cs1)c1cc2nc(C3CC3)cc(C(F)F)n2n1. The predicted octanol–water partition coefficient (Wildman–Crippen LogP) is 5.72. The van der Waals surface area contributed by atoms with E-state index in [1.807, 2.05) is 0 Å². The minimum absolute atomic E-state index is 0.0731. The topological polar surface area (TPSA) is 72.2 Å². The molecule has 6 nitrogen and oxygen atoms in total.